The molecule has 1 aliphatic heterocycles. The highest BCUT2D eigenvalue weighted by Crippen LogP contribution is 2.31. The Balaban J connectivity index is 1.68. The van der Waals surface area contributed by atoms with E-state index in [2.05, 4.69) is 17.4 Å². The molecule has 3 rings (SSSR count). The van der Waals surface area contributed by atoms with Crippen LogP contribution in [0.2, 0.25) is 0 Å². The van der Waals surface area contributed by atoms with Crippen molar-refractivity contribution in [2.45, 2.75) is 31.6 Å². The molecule has 2 aromatic carbocycles. The molecule has 0 amide bonds. The summed E-state index contributed by atoms with van der Waals surface area (Å²) in [4.78, 5) is 0. The summed E-state index contributed by atoms with van der Waals surface area (Å²) in [5.41, 5.74) is 3.22. The zero-order chi connectivity index (χ0) is 13.1. The molecule has 2 atom stereocenters. The summed E-state index contributed by atoms with van der Waals surface area (Å²) in [5.74, 6) is 0. The third-order valence-corrected chi connectivity index (χ3v) is 3.85. The summed E-state index contributed by atoms with van der Waals surface area (Å²) < 4.78 is 14.5. The maximum atomic E-state index is 14.5. The van der Waals surface area contributed by atoms with Crippen LogP contribution in [0.3, 0.4) is 0 Å². The molecule has 0 saturated carbocycles. The molecule has 0 fully saturated rings. The SMILES string of the molecule is F[C@@H]1c2ccccc2CN[C@@H]1CCc1ccccc1. The third kappa shape index (κ3) is 2.69. The predicted octanol–water partition coefficient (Wildman–Crippen LogP) is 3.80. The molecule has 0 aromatic heterocycles. The van der Waals surface area contributed by atoms with E-state index in [0.29, 0.717) is 0 Å². The minimum Gasteiger partial charge on any atom is -0.307 e. The van der Waals surface area contributed by atoms with Gasteiger partial charge >= 0.3 is 0 Å². The van der Waals surface area contributed by atoms with E-state index in [1.807, 2.05) is 42.5 Å². The number of fused-ring (bicyclic) bond motifs is 1. The molecule has 0 radical (unpaired) electrons. The van der Waals surface area contributed by atoms with Crippen LogP contribution in [-0.4, -0.2) is 6.04 Å². The van der Waals surface area contributed by atoms with Crippen LogP contribution in [0.15, 0.2) is 54.6 Å². The molecule has 0 saturated heterocycles. The topological polar surface area (TPSA) is 12.0 Å². The minimum atomic E-state index is -0.895. The molecule has 1 aliphatic rings. The maximum absolute atomic E-state index is 14.5. The van der Waals surface area contributed by atoms with Gasteiger partial charge in [0.05, 0.1) is 0 Å². The van der Waals surface area contributed by atoms with Gasteiger partial charge in [0.25, 0.3) is 0 Å². The largest absolute Gasteiger partial charge is 0.307 e. The first-order valence-corrected chi connectivity index (χ1v) is 6.84. The van der Waals surface area contributed by atoms with Crippen LogP contribution in [0.1, 0.15) is 29.3 Å². The van der Waals surface area contributed by atoms with Crippen molar-refractivity contribution in [2.75, 3.05) is 0 Å². The standard InChI is InChI=1S/C17H18FN/c18-17-15-9-5-4-8-14(15)12-19-16(17)11-10-13-6-2-1-3-7-13/h1-9,16-17,19H,10-12H2/t16-,17-/m1/s1. The van der Waals surface area contributed by atoms with Gasteiger partial charge in [-0.3, -0.25) is 0 Å². The highest BCUT2D eigenvalue weighted by Gasteiger charge is 2.28. The maximum Gasteiger partial charge on any atom is 0.141 e. The second kappa shape index (κ2) is 5.54. The van der Waals surface area contributed by atoms with Crippen molar-refractivity contribution in [3.8, 4) is 0 Å². The second-order valence-electron chi connectivity index (χ2n) is 5.11. The van der Waals surface area contributed by atoms with Gasteiger partial charge in [-0.05, 0) is 29.5 Å². The molecule has 0 spiro atoms. The van der Waals surface area contributed by atoms with Gasteiger partial charge in [-0.1, -0.05) is 54.6 Å². The van der Waals surface area contributed by atoms with Crippen molar-refractivity contribution in [1.82, 2.24) is 5.32 Å². The number of hydrogen-bond acceptors (Lipinski definition) is 1. The van der Waals surface area contributed by atoms with Crippen molar-refractivity contribution in [1.29, 1.82) is 0 Å². The first-order chi connectivity index (χ1) is 9.34. The van der Waals surface area contributed by atoms with E-state index in [1.54, 1.807) is 0 Å². The third-order valence-electron chi connectivity index (χ3n) is 3.85. The van der Waals surface area contributed by atoms with Crippen LogP contribution < -0.4 is 5.32 Å². The number of alkyl halides is 1. The predicted molar refractivity (Wildman–Crippen MR) is 75.7 cm³/mol. The van der Waals surface area contributed by atoms with Gasteiger partial charge in [0.2, 0.25) is 0 Å². The van der Waals surface area contributed by atoms with Crippen LogP contribution in [0.4, 0.5) is 4.39 Å². The van der Waals surface area contributed by atoms with E-state index in [9.17, 15) is 4.39 Å². The first kappa shape index (κ1) is 12.4. The van der Waals surface area contributed by atoms with Gasteiger partial charge < -0.3 is 5.32 Å². The van der Waals surface area contributed by atoms with Gasteiger partial charge in [-0.2, -0.15) is 0 Å². The highest BCUT2D eigenvalue weighted by atomic mass is 19.1. The minimum absolute atomic E-state index is 0.0740. The number of halogens is 1. The van der Waals surface area contributed by atoms with Crippen LogP contribution in [0, 0.1) is 0 Å². The second-order valence-corrected chi connectivity index (χ2v) is 5.11. The first-order valence-electron chi connectivity index (χ1n) is 6.84. The van der Waals surface area contributed by atoms with Crippen molar-refractivity contribution < 1.29 is 4.39 Å². The lowest BCUT2D eigenvalue weighted by Gasteiger charge is -2.29. The van der Waals surface area contributed by atoms with Crippen LogP contribution in [0.5, 0.6) is 0 Å². The van der Waals surface area contributed by atoms with E-state index in [-0.39, 0.29) is 6.04 Å². The average molecular weight is 255 g/mol. The Labute approximate surface area is 113 Å². The fourth-order valence-corrected chi connectivity index (χ4v) is 2.74. The van der Waals surface area contributed by atoms with Crippen molar-refractivity contribution in [3.05, 3.63) is 71.3 Å². The molecule has 2 aromatic rings. The molecule has 0 unspecified atom stereocenters. The van der Waals surface area contributed by atoms with Crippen molar-refractivity contribution in [3.63, 3.8) is 0 Å². The Morgan fingerprint density at radius 2 is 1.74 bits per heavy atom. The number of hydrogen-bond donors (Lipinski definition) is 1. The molecule has 1 heterocycles. The molecule has 2 heteroatoms. The fourth-order valence-electron chi connectivity index (χ4n) is 2.74. The van der Waals surface area contributed by atoms with Crippen LogP contribution in [0.25, 0.3) is 0 Å². The number of rotatable bonds is 3. The van der Waals surface area contributed by atoms with Gasteiger partial charge in [0.15, 0.2) is 0 Å². The summed E-state index contributed by atoms with van der Waals surface area (Å²) in [5, 5.41) is 3.32. The van der Waals surface area contributed by atoms with Gasteiger partial charge in [0, 0.05) is 12.6 Å². The zero-order valence-electron chi connectivity index (χ0n) is 10.9. The van der Waals surface area contributed by atoms with E-state index < -0.39 is 6.17 Å². The lowest BCUT2D eigenvalue weighted by Crippen LogP contribution is -2.38. The van der Waals surface area contributed by atoms with Crippen LogP contribution >= 0.6 is 0 Å². The van der Waals surface area contributed by atoms with Gasteiger partial charge in [0.1, 0.15) is 6.17 Å². The van der Waals surface area contributed by atoms with Crippen molar-refractivity contribution >= 4 is 0 Å². The molecule has 19 heavy (non-hydrogen) atoms. The summed E-state index contributed by atoms with van der Waals surface area (Å²) >= 11 is 0. The van der Waals surface area contributed by atoms with Gasteiger partial charge in [-0.25, -0.2) is 4.39 Å². The Morgan fingerprint density at radius 3 is 2.58 bits per heavy atom. The fraction of sp³-hybridized carbons (Fsp3) is 0.294. The smallest absolute Gasteiger partial charge is 0.141 e. The van der Waals surface area contributed by atoms with Crippen molar-refractivity contribution in [2.24, 2.45) is 0 Å². The molecule has 1 nitrogen and oxygen atoms in total. The Morgan fingerprint density at radius 1 is 1.00 bits per heavy atom. The summed E-state index contributed by atoms with van der Waals surface area (Å²) in [6, 6.07) is 18.0. The Bertz CT molecular complexity index is 538. The van der Waals surface area contributed by atoms with E-state index in [0.717, 1.165) is 30.5 Å². The summed E-state index contributed by atoms with van der Waals surface area (Å²) in [6.07, 6.45) is 0.856. The highest BCUT2D eigenvalue weighted by molar-refractivity contribution is 5.32. The molecule has 98 valence electrons. The number of aryl methyl sites for hydroxylation is 1. The Hall–Kier alpha value is -1.67. The van der Waals surface area contributed by atoms with Gasteiger partial charge in [-0.15, -0.1) is 0 Å². The Kier molecular flexibility index (Phi) is 3.60. The zero-order valence-corrected chi connectivity index (χ0v) is 10.9. The van der Waals surface area contributed by atoms with E-state index in [4.69, 9.17) is 0 Å². The monoisotopic (exact) mass is 255 g/mol. The number of benzene rings is 2. The lowest BCUT2D eigenvalue weighted by molar-refractivity contribution is 0.225. The summed E-state index contributed by atoms with van der Waals surface area (Å²) in [6.45, 7) is 0.774. The average Bonchev–Trinajstić information content (AvgIpc) is 2.48. The molecule has 0 aliphatic carbocycles. The normalized spacial score (nSPS) is 21.9. The molecular weight excluding hydrogens is 237 g/mol. The molecular formula is C17H18FN. The van der Waals surface area contributed by atoms with E-state index in [1.165, 1.54) is 5.56 Å². The lowest BCUT2D eigenvalue weighted by atomic mass is 9.91. The molecule has 0 bridgehead atoms. The quantitative estimate of drug-likeness (QED) is 0.879. The van der Waals surface area contributed by atoms with Crippen LogP contribution in [-0.2, 0) is 13.0 Å². The molecule has 1 N–H and O–H groups in total. The summed E-state index contributed by atoms with van der Waals surface area (Å²) in [7, 11) is 0. The van der Waals surface area contributed by atoms with E-state index >= 15 is 0 Å². The number of nitrogens with one attached hydrogen (secondary N) is 1.